The zero-order chi connectivity index (χ0) is 26.7. The van der Waals surface area contributed by atoms with Gasteiger partial charge < -0.3 is 39.4 Å². The van der Waals surface area contributed by atoms with Crippen molar-refractivity contribution in [1.29, 1.82) is 0 Å². The van der Waals surface area contributed by atoms with Crippen LogP contribution in [0.4, 0.5) is 0 Å². The lowest BCUT2D eigenvalue weighted by Crippen LogP contribution is -2.51. The summed E-state index contributed by atoms with van der Waals surface area (Å²) in [4.78, 5) is 37.2. The Morgan fingerprint density at radius 3 is 2.19 bits per heavy atom. The Labute approximate surface area is 210 Å². The van der Waals surface area contributed by atoms with E-state index in [0.29, 0.717) is 11.1 Å². The molecule has 2 bridgehead atoms. The predicted octanol–water partition coefficient (Wildman–Crippen LogP) is 1.81. The molecular weight excluding hydrogens is 488 g/mol. The molecule has 4 N–H and O–H groups in total. The molecule has 11 nitrogen and oxygen atoms in total. The van der Waals surface area contributed by atoms with Crippen LogP contribution in [0.2, 0.25) is 0 Å². The lowest BCUT2D eigenvalue weighted by atomic mass is 9.82. The first kappa shape index (κ1) is 25.6. The zero-order valence-corrected chi connectivity index (χ0v) is 19.6. The van der Waals surface area contributed by atoms with Crippen molar-refractivity contribution in [3.05, 3.63) is 59.7 Å². The molecule has 2 aliphatic rings. The first-order valence-corrected chi connectivity index (χ1v) is 11.2. The summed E-state index contributed by atoms with van der Waals surface area (Å²) in [5, 5.41) is 39.2. The maximum absolute atomic E-state index is 12.6. The highest BCUT2D eigenvalue weighted by Gasteiger charge is 2.60. The normalized spacial score (nSPS) is 24.7. The number of ether oxygens (including phenoxy) is 4. The lowest BCUT2D eigenvalue weighted by Gasteiger charge is -2.35. The number of phenols is 3. The van der Waals surface area contributed by atoms with Gasteiger partial charge in [-0.25, -0.2) is 14.4 Å². The quantitative estimate of drug-likeness (QED) is 0.185. The van der Waals surface area contributed by atoms with Gasteiger partial charge in [0.25, 0.3) is 0 Å². The van der Waals surface area contributed by atoms with Crippen molar-refractivity contribution >= 4 is 30.1 Å². The first-order valence-electron chi connectivity index (χ1n) is 11.2. The summed E-state index contributed by atoms with van der Waals surface area (Å²) < 4.78 is 21.1. The molecule has 1 heterocycles. The molecule has 1 saturated heterocycles. The van der Waals surface area contributed by atoms with E-state index in [2.05, 4.69) is 0 Å². The van der Waals surface area contributed by atoms with Gasteiger partial charge in [-0.15, -0.1) is 0 Å². The highest BCUT2D eigenvalue weighted by molar-refractivity contribution is 5.89. The van der Waals surface area contributed by atoms with Gasteiger partial charge in [-0.05, 0) is 47.5 Å². The first-order chi connectivity index (χ1) is 17.6. The van der Waals surface area contributed by atoms with Crippen LogP contribution in [0.3, 0.4) is 0 Å². The molecule has 4 atom stereocenters. The molecule has 2 fully saturated rings. The molecule has 1 saturated carbocycles. The van der Waals surface area contributed by atoms with Crippen LogP contribution in [0.25, 0.3) is 12.2 Å². The summed E-state index contributed by atoms with van der Waals surface area (Å²) in [6, 6.07) is 8.38. The molecule has 4 rings (SSSR count). The van der Waals surface area contributed by atoms with Crippen LogP contribution in [-0.4, -0.2) is 69.4 Å². The Balaban J connectivity index is 1.46. The van der Waals surface area contributed by atoms with Crippen LogP contribution in [0.5, 0.6) is 23.0 Å². The molecule has 2 aromatic rings. The van der Waals surface area contributed by atoms with Crippen molar-refractivity contribution in [2.24, 2.45) is 0 Å². The second-order valence-corrected chi connectivity index (χ2v) is 8.61. The largest absolute Gasteiger partial charge is 0.504 e. The molecular formula is C26H24O11. The van der Waals surface area contributed by atoms with Gasteiger partial charge in [-0.2, -0.15) is 0 Å². The summed E-state index contributed by atoms with van der Waals surface area (Å²) in [5.74, 6) is -3.12. The van der Waals surface area contributed by atoms with Crippen molar-refractivity contribution < 1.29 is 53.8 Å². The summed E-state index contributed by atoms with van der Waals surface area (Å²) in [5.41, 5.74) is -0.943. The minimum Gasteiger partial charge on any atom is -0.504 e. The topological polar surface area (TPSA) is 169 Å². The number of carbonyl (C=O) groups excluding carboxylic acids is 3. The van der Waals surface area contributed by atoms with E-state index >= 15 is 0 Å². The van der Waals surface area contributed by atoms with Gasteiger partial charge in [-0.3, -0.25) is 0 Å². The maximum atomic E-state index is 12.6. The summed E-state index contributed by atoms with van der Waals surface area (Å²) in [7, 11) is 1.38. The van der Waals surface area contributed by atoms with Crippen LogP contribution in [0.15, 0.2) is 48.6 Å². The van der Waals surface area contributed by atoms with Gasteiger partial charge in [0.2, 0.25) is 0 Å². The molecule has 0 spiro atoms. The second kappa shape index (κ2) is 10.2. The Morgan fingerprint density at radius 2 is 1.54 bits per heavy atom. The Morgan fingerprint density at radius 1 is 0.919 bits per heavy atom. The van der Waals surface area contributed by atoms with E-state index in [9.17, 15) is 34.8 Å². The van der Waals surface area contributed by atoms with Gasteiger partial charge in [0.15, 0.2) is 34.7 Å². The minimum absolute atomic E-state index is 0.0686. The molecule has 3 unspecified atom stereocenters. The number of phenolic OH excluding ortho intramolecular Hbond substituents is 3. The molecule has 0 radical (unpaired) electrons. The van der Waals surface area contributed by atoms with E-state index in [4.69, 9.17) is 18.9 Å². The van der Waals surface area contributed by atoms with E-state index in [1.54, 1.807) is 6.07 Å². The summed E-state index contributed by atoms with van der Waals surface area (Å²) >= 11 is 0. The molecule has 0 aromatic heterocycles. The van der Waals surface area contributed by atoms with E-state index in [0.717, 1.165) is 12.2 Å². The molecule has 2 aromatic carbocycles. The molecule has 37 heavy (non-hydrogen) atoms. The fourth-order valence-corrected chi connectivity index (χ4v) is 4.14. The van der Waals surface area contributed by atoms with Crippen molar-refractivity contribution in [3.63, 3.8) is 0 Å². The van der Waals surface area contributed by atoms with Crippen LogP contribution in [0, 0.1) is 0 Å². The van der Waals surface area contributed by atoms with Crippen LogP contribution < -0.4 is 4.74 Å². The SMILES string of the molecule is COc1cc(/C=C/C(=O)OC2C3CC(O)(C[C@@H]2OC(=O)/C=C/c2ccc(O)c(O)c2)C(=O)O3)ccc1O. The Kier molecular flexibility index (Phi) is 7.07. The van der Waals surface area contributed by atoms with Crippen LogP contribution >= 0.6 is 0 Å². The van der Waals surface area contributed by atoms with Crippen molar-refractivity contribution in [2.45, 2.75) is 36.8 Å². The molecule has 1 aliphatic carbocycles. The minimum atomic E-state index is -1.87. The van der Waals surface area contributed by atoms with E-state index in [1.165, 1.54) is 49.6 Å². The molecule has 194 valence electrons. The number of methoxy groups -OCH3 is 1. The number of carbonyl (C=O) groups is 3. The summed E-state index contributed by atoms with van der Waals surface area (Å²) in [6.07, 6.45) is 1.06. The third-order valence-electron chi connectivity index (χ3n) is 6.00. The summed E-state index contributed by atoms with van der Waals surface area (Å²) in [6.45, 7) is 0. The Hall–Kier alpha value is -4.51. The fraction of sp³-hybridized carbons (Fsp3) is 0.269. The number of hydrogen-bond donors (Lipinski definition) is 4. The predicted molar refractivity (Wildman–Crippen MR) is 126 cm³/mol. The number of benzene rings is 2. The highest BCUT2D eigenvalue weighted by atomic mass is 16.6. The van der Waals surface area contributed by atoms with Crippen LogP contribution in [0.1, 0.15) is 24.0 Å². The van der Waals surface area contributed by atoms with Gasteiger partial charge in [-0.1, -0.05) is 12.1 Å². The van der Waals surface area contributed by atoms with E-state index < -0.39 is 41.8 Å². The second-order valence-electron chi connectivity index (χ2n) is 8.61. The average molecular weight is 512 g/mol. The number of aromatic hydroxyl groups is 3. The third kappa shape index (κ3) is 5.67. The number of esters is 3. The molecule has 11 heteroatoms. The smallest absolute Gasteiger partial charge is 0.338 e. The number of hydrogen-bond acceptors (Lipinski definition) is 11. The van der Waals surface area contributed by atoms with E-state index in [-0.39, 0.29) is 35.8 Å². The fourth-order valence-electron chi connectivity index (χ4n) is 4.14. The van der Waals surface area contributed by atoms with Crippen LogP contribution in [-0.2, 0) is 28.6 Å². The van der Waals surface area contributed by atoms with Gasteiger partial charge in [0, 0.05) is 25.0 Å². The van der Waals surface area contributed by atoms with E-state index in [1.807, 2.05) is 0 Å². The van der Waals surface area contributed by atoms with Gasteiger partial charge in [0.05, 0.1) is 7.11 Å². The number of fused-ring (bicyclic) bond motifs is 2. The van der Waals surface area contributed by atoms with Gasteiger partial charge in [0.1, 0.15) is 12.2 Å². The number of rotatable bonds is 7. The lowest BCUT2D eigenvalue weighted by molar-refractivity contribution is -0.178. The third-order valence-corrected chi connectivity index (χ3v) is 6.00. The average Bonchev–Trinajstić information content (AvgIpc) is 3.11. The van der Waals surface area contributed by atoms with Crippen molar-refractivity contribution in [1.82, 2.24) is 0 Å². The molecule has 1 aliphatic heterocycles. The van der Waals surface area contributed by atoms with Crippen molar-refractivity contribution in [2.75, 3.05) is 7.11 Å². The molecule has 0 amide bonds. The highest BCUT2D eigenvalue weighted by Crippen LogP contribution is 2.41. The zero-order valence-electron chi connectivity index (χ0n) is 19.6. The van der Waals surface area contributed by atoms with Crippen molar-refractivity contribution in [3.8, 4) is 23.0 Å². The maximum Gasteiger partial charge on any atom is 0.338 e. The number of aliphatic hydroxyl groups is 1. The standard InChI is InChI=1S/C26H24O11/c1-34-19-11-15(3-7-17(19)28)5-9-23(31)37-24-20(12-26(33)13-21(24)36-25(26)32)35-22(30)8-4-14-2-6-16(27)18(29)10-14/h2-11,20-21,24,27-29,33H,12-13H2,1H3/b8-4+,9-5+/t20-,21?,24?,26?/m0/s1. The Bertz CT molecular complexity index is 1280. The monoisotopic (exact) mass is 512 g/mol. The van der Waals surface area contributed by atoms with Gasteiger partial charge >= 0.3 is 17.9 Å².